The van der Waals surface area contributed by atoms with E-state index < -0.39 is 0 Å². The molecule has 0 fully saturated rings. The van der Waals surface area contributed by atoms with Crippen LogP contribution in [0.15, 0.2) is 12.1 Å². The maximum atomic E-state index is 11.8. The summed E-state index contributed by atoms with van der Waals surface area (Å²) in [5.74, 6) is -0.477. The minimum Gasteiger partial charge on any atom is -0.393 e. The van der Waals surface area contributed by atoms with Crippen LogP contribution in [0.3, 0.4) is 0 Å². The van der Waals surface area contributed by atoms with E-state index in [1.165, 1.54) is 11.3 Å². The third-order valence-corrected chi connectivity index (χ3v) is 3.82. The van der Waals surface area contributed by atoms with Crippen LogP contribution < -0.4 is 11.1 Å². The Morgan fingerprint density at radius 1 is 1.65 bits per heavy atom. The molecule has 1 heterocycles. The number of halogens is 1. The molecule has 94 valence electrons. The third kappa shape index (κ3) is 4.61. The third-order valence-electron chi connectivity index (χ3n) is 2.30. The van der Waals surface area contributed by atoms with Crippen LogP contribution in [-0.2, 0) is 11.3 Å². The van der Waals surface area contributed by atoms with Crippen molar-refractivity contribution in [1.29, 1.82) is 0 Å². The second-order valence-electron chi connectivity index (χ2n) is 3.67. The summed E-state index contributed by atoms with van der Waals surface area (Å²) < 4.78 is 0.716. The zero-order valence-electron chi connectivity index (χ0n) is 9.53. The molecule has 0 bridgehead atoms. The van der Waals surface area contributed by atoms with Crippen LogP contribution >= 0.6 is 35.2 Å². The van der Waals surface area contributed by atoms with Gasteiger partial charge in [-0.3, -0.25) is 4.79 Å². The monoisotopic (exact) mass is 290 g/mol. The van der Waals surface area contributed by atoms with Crippen molar-refractivity contribution >= 4 is 46.1 Å². The smallest absolute Gasteiger partial charge is 0.230 e. The summed E-state index contributed by atoms with van der Waals surface area (Å²) in [6.45, 7) is 2.47. The Hall–Kier alpha value is -0.650. The molecule has 1 rings (SSSR count). The first-order chi connectivity index (χ1) is 8.04. The molecule has 0 aliphatic rings. The molecule has 3 N–H and O–H groups in total. The Labute approximate surface area is 115 Å². The maximum Gasteiger partial charge on any atom is 0.230 e. The second kappa shape index (κ2) is 6.93. The standard InChI is InChI=1S/C11H15ClN2OS2/c1-2-3-8(10(13)16)11(15)14-6-7-4-5-9(12)17-7/h4-5,8H,2-3,6H2,1H3,(H2,13,16)(H,14,15). The summed E-state index contributed by atoms with van der Waals surface area (Å²) in [5, 5.41) is 2.82. The zero-order valence-corrected chi connectivity index (χ0v) is 11.9. The molecule has 1 atom stereocenters. The predicted molar refractivity (Wildman–Crippen MR) is 76.4 cm³/mol. The Bertz CT molecular complexity index is 406. The van der Waals surface area contributed by atoms with Gasteiger partial charge in [-0.2, -0.15) is 0 Å². The van der Waals surface area contributed by atoms with Crippen LogP contribution in [0, 0.1) is 5.92 Å². The van der Waals surface area contributed by atoms with Gasteiger partial charge in [0.25, 0.3) is 0 Å². The van der Waals surface area contributed by atoms with Crippen molar-refractivity contribution in [2.45, 2.75) is 26.3 Å². The molecule has 17 heavy (non-hydrogen) atoms. The molecule has 0 aliphatic heterocycles. The van der Waals surface area contributed by atoms with Gasteiger partial charge in [-0.05, 0) is 18.6 Å². The summed E-state index contributed by atoms with van der Waals surface area (Å²) in [6, 6.07) is 3.70. The lowest BCUT2D eigenvalue weighted by atomic mass is 10.0. The van der Waals surface area contributed by atoms with Crippen LogP contribution in [-0.4, -0.2) is 10.9 Å². The van der Waals surface area contributed by atoms with Gasteiger partial charge in [0.05, 0.1) is 21.8 Å². The van der Waals surface area contributed by atoms with Crippen molar-refractivity contribution in [2.75, 3.05) is 0 Å². The molecule has 1 aromatic heterocycles. The fraction of sp³-hybridized carbons (Fsp3) is 0.455. The summed E-state index contributed by atoms with van der Waals surface area (Å²) in [6.07, 6.45) is 1.56. The number of carbonyl (C=O) groups excluding carboxylic acids is 1. The number of hydrogen-bond donors (Lipinski definition) is 2. The van der Waals surface area contributed by atoms with Gasteiger partial charge in [-0.25, -0.2) is 0 Å². The topological polar surface area (TPSA) is 55.1 Å². The minimum absolute atomic E-state index is 0.108. The van der Waals surface area contributed by atoms with E-state index in [9.17, 15) is 4.79 Å². The summed E-state index contributed by atoms with van der Waals surface area (Å²) >= 11 is 12.1. The van der Waals surface area contributed by atoms with E-state index in [4.69, 9.17) is 29.6 Å². The van der Waals surface area contributed by atoms with Crippen molar-refractivity contribution in [1.82, 2.24) is 5.32 Å². The number of carbonyl (C=O) groups is 1. The van der Waals surface area contributed by atoms with Crippen LogP contribution in [0.5, 0.6) is 0 Å². The number of amides is 1. The van der Waals surface area contributed by atoms with Crippen molar-refractivity contribution in [3.05, 3.63) is 21.3 Å². The normalized spacial score (nSPS) is 12.1. The first-order valence-corrected chi connectivity index (χ1v) is 6.96. The lowest BCUT2D eigenvalue weighted by Gasteiger charge is -2.13. The van der Waals surface area contributed by atoms with Crippen molar-refractivity contribution in [3.63, 3.8) is 0 Å². The number of hydrogen-bond acceptors (Lipinski definition) is 3. The van der Waals surface area contributed by atoms with E-state index in [0.717, 1.165) is 11.3 Å². The van der Waals surface area contributed by atoms with Crippen LogP contribution in [0.2, 0.25) is 4.34 Å². The minimum atomic E-state index is -0.370. The molecule has 0 aliphatic carbocycles. The highest BCUT2D eigenvalue weighted by atomic mass is 35.5. The lowest BCUT2D eigenvalue weighted by Crippen LogP contribution is -2.37. The van der Waals surface area contributed by atoms with Gasteiger partial charge in [0.2, 0.25) is 5.91 Å². The maximum absolute atomic E-state index is 11.8. The largest absolute Gasteiger partial charge is 0.393 e. The average Bonchev–Trinajstić information content (AvgIpc) is 2.68. The van der Waals surface area contributed by atoms with Crippen LogP contribution in [0.25, 0.3) is 0 Å². The second-order valence-corrected chi connectivity index (χ2v) is 5.94. The quantitative estimate of drug-likeness (QED) is 0.792. The van der Waals surface area contributed by atoms with E-state index in [2.05, 4.69) is 5.32 Å². The molecule has 0 spiro atoms. The molecule has 0 radical (unpaired) electrons. The number of thiophene rings is 1. The summed E-state index contributed by atoms with van der Waals surface area (Å²) in [5.41, 5.74) is 5.55. The van der Waals surface area contributed by atoms with Crippen molar-refractivity contribution in [3.8, 4) is 0 Å². The van der Waals surface area contributed by atoms with Crippen molar-refractivity contribution in [2.24, 2.45) is 11.7 Å². The van der Waals surface area contributed by atoms with E-state index in [1.807, 2.05) is 19.1 Å². The first kappa shape index (κ1) is 14.4. The average molecular weight is 291 g/mol. The fourth-order valence-electron chi connectivity index (χ4n) is 1.44. The number of nitrogens with two attached hydrogens (primary N) is 1. The number of rotatable bonds is 6. The van der Waals surface area contributed by atoms with Gasteiger partial charge in [0.15, 0.2) is 0 Å². The highest BCUT2D eigenvalue weighted by molar-refractivity contribution is 7.80. The summed E-state index contributed by atoms with van der Waals surface area (Å²) in [4.78, 5) is 13.1. The van der Waals surface area contributed by atoms with E-state index in [0.29, 0.717) is 17.3 Å². The molecule has 0 saturated heterocycles. The molecule has 3 nitrogen and oxygen atoms in total. The van der Waals surface area contributed by atoms with Gasteiger partial charge in [-0.1, -0.05) is 37.2 Å². The van der Waals surface area contributed by atoms with E-state index in [1.54, 1.807) is 0 Å². The predicted octanol–water partition coefficient (Wildman–Crippen LogP) is 2.72. The van der Waals surface area contributed by atoms with E-state index in [-0.39, 0.29) is 16.8 Å². The first-order valence-electron chi connectivity index (χ1n) is 5.35. The highest BCUT2D eigenvalue weighted by Crippen LogP contribution is 2.21. The Morgan fingerprint density at radius 2 is 2.35 bits per heavy atom. The Kier molecular flexibility index (Phi) is 5.88. The lowest BCUT2D eigenvalue weighted by molar-refractivity contribution is -0.123. The van der Waals surface area contributed by atoms with Crippen molar-refractivity contribution < 1.29 is 4.79 Å². The van der Waals surface area contributed by atoms with Crippen LogP contribution in [0.1, 0.15) is 24.6 Å². The molecule has 1 aromatic rings. The molecule has 6 heteroatoms. The highest BCUT2D eigenvalue weighted by Gasteiger charge is 2.19. The van der Waals surface area contributed by atoms with Gasteiger partial charge >= 0.3 is 0 Å². The molecule has 0 saturated carbocycles. The van der Waals surface area contributed by atoms with Gasteiger partial charge in [0.1, 0.15) is 0 Å². The number of nitrogens with one attached hydrogen (secondary N) is 1. The van der Waals surface area contributed by atoms with Gasteiger partial charge in [0, 0.05) is 4.88 Å². The molecular weight excluding hydrogens is 276 g/mol. The SMILES string of the molecule is CCCC(C(=O)NCc1ccc(Cl)s1)C(N)=S. The molecule has 0 aromatic carbocycles. The Morgan fingerprint density at radius 3 is 2.82 bits per heavy atom. The van der Waals surface area contributed by atoms with E-state index >= 15 is 0 Å². The molecule has 1 amide bonds. The fourth-order valence-corrected chi connectivity index (χ4v) is 2.69. The molecule has 1 unspecified atom stereocenters. The summed E-state index contributed by atoms with van der Waals surface area (Å²) in [7, 11) is 0. The van der Waals surface area contributed by atoms with Crippen LogP contribution in [0.4, 0.5) is 0 Å². The number of thiocarbonyl (C=S) groups is 1. The zero-order chi connectivity index (χ0) is 12.8. The Balaban J connectivity index is 2.50. The van der Waals surface area contributed by atoms with Gasteiger partial charge < -0.3 is 11.1 Å². The van der Waals surface area contributed by atoms with Gasteiger partial charge in [-0.15, -0.1) is 11.3 Å². The molecular formula is C11H15ClN2OS2.